The number of hydrogen-bond acceptors (Lipinski definition) is 10. The molecule has 0 radical (unpaired) electrons. The zero-order chi connectivity index (χ0) is 32.2. The standard InChI is InChI=1S/C15H18O4.C9H12O.C6H8O4.C4H8O/c1-4-8-5-9-7-11(10(9)6-8)12-13(16)18-15(2,3)19-14(12)17;1-2-6-3-7-5-9(10)8(7)4-6;1-6(2)9-4(7)3-5(8)10-6;1-2-4-5-3-1/h6,9-10H,4-5,7H2,1-3H3;4,7-8H,2-3,5H2,1H3;3H2,1-2H3;1-4H2/t9-,10-;7-,8-;;/m11../s1. The van der Waals surface area contributed by atoms with Gasteiger partial charge >= 0.3 is 23.9 Å². The number of carbonyl (C=O) groups excluding carboxylic acids is 5. The van der Waals surface area contributed by atoms with Crippen LogP contribution in [0.3, 0.4) is 0 Å². The molecule has 0 bridgehead atoms. The van der Waals surface area contributed by atoms with Crippen LogP contribution in [-0.4, -0.2) is 54.4 Å². The molecule has 4 aliphatic carbocycles. The van der Waals surface area contributed by atoms with Gasteiger partial charge in [-0.3, -0.25) is 14.4 Å². The molecule has 0 amide bonds. The highest BCUT2D eigenvalue weighted by atomic mass is 16.7. The van der Waals surface area contributed by atoms with E-state index in [0.29, 0.717) is 23.5 Å². The molecule has 4 atom stereocenters. The van der Waals surface area contributed by atoms with Gasteiger partial charge in [-0.2, -0.15) is 0 Å². The third-order valence-electron chi connectivity index (χ3n) is 8.76. The molecule has 0 N–H and O–H groups in total. The quantitative estimate of drug-likeness (QED) is 0.130. The third-order valence-corrected chi connectivity index (χ3v) is 8.76. The summed E-state index contributed by atoms with van der Waals surface area (Å²) in [5.74, 6) is -2.03. The molecular formula is C34H46O10. The molecule has 0 unspecified atom stereocenters. The average Bonchev–Trinajstić information content (AvgIpc) is 3.65. The van der Waals surface area contributed by atoms with Crippen molar-refractivity contribution in [1.82, 2.24) is 0 Å². The van der Waals surface area contributed by atoms with Gasteiger partial charge in [0.15, 0.2) is 0 Å². The SMILES string of the molecule is C1CCOC1.CC1(C)OC(=O)CC(=O)O1.CCC1=C[C@H]2C(=C3C(=O)OC(C)(C)OC3=O)C[C@H]2C1.CCC1=C[C@H]2C(=O)C[C@H]2C1. The molecular weight excluding hydrogens is 568 g/mol. The van der Waals surface area contributed by atoms with Gasteiger partial charge in [-0.15, -0.1) is 0 Å². The van der Waals surface area contributed by atoms with Crippen LogP contribution in [0.15, 0.2) is 34.4 Å². The van der Waals surface area contributed by atoms with Crippen LogP contribution in [0.25, 0.3) is 0 Å². The lowest BCUT2D eigenvalue weighted by Crippen LogP contribution is -2.44. The second kappa shape index (κ2) is 13.8. The molecule has 0 aromatic rings. The summed E-state index contributed by atoms with van der Waals surface area (Å²) in [6.07, 6.45) is 12.8. The number of allylic oxidation sites excluding steroid dienone is 5. The van der Waals surface area contributed by atoms with Gasteiger partial charge in [0.25, 0.3) is 11.6 Å². The number of esters is 4. The highest BCUT2D eigenvalue weighted by Gasteiger charge is 2.48. The summed E-state index contributed by atoms with van der Waals surface area (Å²) >= 11 is 0. The Hall–Kier alpha value is -3.27. The van der Waals surface area contributed by atoms with Crippen molar-refractivity contribution in [2.45, 2.75) is 111 Å². The van der Waals surface area contributed by atoms with Gasteiger partial charge in [0.2, 0.25) is 0 Å². The first kappa shape index (κ1) is 33.6. The minimum atomic E-state index is -1.15. The van der Waals surface area contributed by atoms with Crippen molar-refractivity contribution in [3.05, 3.63) is 34.4 Å². The molecule has 44 heavy (non-hydrogen) atoms. The Morgan fingerprint density at radius 1 is 0.659 bits per heavy atom. The summed E-state index contributed by atoms with van der Waals surface area (Å²) in [6, 6.07) is 0. The largest absolute Gasteiger partial charge is 0.423 e. The minimum Gasteiger partial charge on any atom is -0.423 e. The molecule has 0 aromatic heterocycles. The first-order valence-corrected chi connectivity index (χ1v) is 15.8. The van der Waals surface area contributed by atoms with Gasteiger partial charge in [-0.05, 0) is 62.4 Å². The molecule has 0 aromatic carbocycles. The zero-order valence-electron chi connectivity index (χ0n) is 26.8. The van der Waals surface area contributed by atoms with Gasteiger partial charge in [-0.25, -0.2) is 9.59 Å². The van der Waals surface area contributed by atoms with Gasteiger partial charge in [0.1, 0.15) is 17.8 Å². The second-order valence-corrected chi connectivity index (χ2v) is 13.1. The highest BCUT2D eigenvalue weighted by Crippen LogP contribution is 2.52. The topological polar surface area (TPSA) is 132 Å². The Labute approximate surface area is 259 Å². The summed E-state index contributed by atoms with van der Waals surface area (Å²) in [5, 5.41) is 0. The predicted octanol–water partition coefficient (Wildman–Crippen LogP) is 5.44. The van der Waals surface area contributed by atoms with Crippen LogP contribution in [0.2, 0.25) is 0 Å². The van der Waals surface area contributed by atoms with Crippen LogP contribution in [0.1, 0.15) is 99.3 Å². The molecule has 7 rings (SSSR count). The summed E-state index contributed by atoms with van der Waals surface area (Å²) in [6.45, 7) is 12.5. The molecule has 2 saturated carbocycles. The highest BCUT2D eigenvalue weighted by molar-refractivity contribution is 6.16. The third kappa shape index (κ3) is 8.25. The fraction of sp³-hybridized carbons (Fsp3) is 0.676. The van der Waals surface area contributed by atoms with E-state index in [4.69, 9.17) is 14.2 Å². The van der Waals surface area contributed by atoms with Crippen molar-refractivity contribution < 1.29 is 47.7 Å². The van der Waals surface area contributed by atoms with Crippen molar-refractivity contribution in [2.75, 3.05) is 13.2 Å². The maximum Gasteiger partial charge on any atom is 0.348 e. The van der Waals surface area contributed by atoms with Gasteiger partial charge in [0.05, 0.1) is 0 Å². The lowest BCUT2D eigenvalue weighted by molar-refractivity contribution is -0.231. The first-order chi connectivity index (χ1) is 20.7. The van der Waals surface area contributed by atoms with E-state index < -0.39 is 35.5 Å². The number of Topliss-reactive ketones (excluding diaryl/α,β-unsaturated/α-hetero) is 1. The number of rotatable bonds is 2. The smallest absolute Gasteiger partial charge is 0.348 e. The Bertz CT molecular complexity index is 1210. The van der Waals surface area contributed by atoms with E-state index in [-0.39, 0.29) is 17.9 Å². The fourth-order valence-electron chi connectivity index (χ4n) is 6.45. The van der Waals surface area contributed by atoms with E-state index in [1.54, 1.807) is 13.8 Å². The number of ether oxygens (including phenoxy) is 5. The Kier molecular flexibility index (Phi) is 10.5. The first-order valence-electron chi connectivity index (χ1n) is 15.8. The van der Waals surface area contributed by atoms with E-state index in [2.05, 4.69) is 35.5 Å². The lowest BCUT2D eigenvalue weighted by Gasteiger charge is -2.38. The number of fused-ring (bicyclic) bond motifs is 2. The van der Waals surface area contributed by atoms with Gasteiger partial charge in [-0.1, -0.05) is 37.1 Å². The Morgan fingerprint density at radius 3 is 1.55 bits per heavy atom. The summed E-state index contributed by atoms with van der Waals surface area (Å²) < 4.78 is 24.6. The second-order valence-electron chi connectivity index (χ2n) is 13.1. The molecule has 7 aliphatic rings. The van der Waals surface area contributed by atoms with Crippen LogP contribution in [0.4, 0.5) is 0 Å². The normalized spacial score (nSPS) is 30.4. The molecule has 3 aliphatic heterocycles. The van der Waals surface area contributed by atoms with Crippen molar-refractivity contribution in [3.63, 3.8) is 0 Å². The van der Waals surface area contributed by atoms with Crippen molar-refractivity contribution in [2.24, 2.45) is 23.7 Å². The van der Waals surface area contributed by atoms with Crippen LogP contribution in [0, 0.1) is 23.7 Å². The number of hydrogen-bond donors (Lipinski definition) is 0. The zero-order valence-corrected chi connectivity index (χ0v) is 26.8. The predicted molar refractivity (Wildman–Crippen MR) is 158 cm³/mol. The van der Waals surface area contributed by atoms with Crippen molar-refractivity contribution >= 4 is 29.7 Å². The van der Waals surface area contributed by atoms with Crippen LogP contribution in [0.5, 0.6) is 0 Å². The fourth-order valence-corrected chi connectivity index (χ4v) is 6.45. The molecule has 3 heterocycles. The van der Waals surface area contributed by atoms with Crippen LogP contribution >= 0.6 is 0 Å². The average molecular weight is 615 g/mol. The van der Waals surface area contributed by atoms with Crippen molar-refractivity contribution in [3.8, 4) is 0 Å². The minimum absolute atomic E-state index is 0.133. The van der Waals surface area contributed by atoms with E-state index >= 15 is 0 Å². The lowest BCUT2D eigenvalue weighted by atomic mass is 9.69. The molecule has 242 valence electrons. The summed E-state index contributed by atoms with van der Waals surface area (Å²) in [7, 11) is 0. The summed E-state index contributed by atoms with van der Waals surface area (Å²) in [5.41, 5.74) is 3.96. The Morgan fingerprint density at radius 2 is 1.14 bits per heavy atom. The molecule has 5 fully saturated rings. The van der Waals surface area contributed by atoms with Gasteiger partial charge in [0, 0.05) is 59.2 Å². The number of cyclic esters (lactones) is 4. The summed E-state index contributed by atoms with van der Waals surface area (Å²) in [4.78, 5) is 56.0. The maximum absolute atomic E-state index is 12.0. The van der Waals surface area contributed by atoms with E-state index in [0.717, 1.165) is 50.9 Å². The number of carbonyl (C=O) groups is 5. The van der Waals surface area contributed by atoms with Crippen molar-refractivity contribution in [1.29, 1.82) is 0 Å². The number of ketones is 1. The molecule has 10 heteroatoms. The molecule has 3 saturated heterocycles. The molecule has 10 nitrogen and oxygen atoms in total. The molecule has 0 spiro atoms. The van der Waals surface area contributed by atoms with Crippen LogP contribution < -0.4 is 0 Å². The van der Waals surface area contributed by atoms with E-state index in [9.17, 15) is 24.0 Å². The van der Waals surface area contributed by atoms with Crippen LogP contribution in [-0.2, 0) is 47.7 Å². The maximum atomic E-state index is 12.0. The monoisotopic (exact) mass is 614 g/mol. The Balaban J connectivity index is 0.000000149. The van der Waals surface area contributed by atoms with Gasteiger partial charge < -0.3 is 23.7 Å². The van der Waals surface area contributed by atoms with E-state index in [1.165, 1.54) is 44.3 Å². The van der Waals surface area contributed by atoms with E-state index in [1.807, 2.05) is 0 Å².